The number of morpholine rings is 1. The smallest absolute Gasteiger partial charge is 0.138 e. The van der Waals surface area contributed by atoms with E-state index in [1.165, 1.54) is 22.3 Å². The Bertz CT molecular complexity index is 857. The third-order valence-corrected chi connectivity index (χ3v) is 6.61. The minimum atomic E-state index is -0.486. The topological polar surface area (TPSA) is 54.4 Å². The van der Waals surface area contributed by atoms with Crippen molar-refractivity contribution in [3.63, 3.8) is 0 Å². The lowest BCUT2D eigenvalue weighted by Gasteiger charge is -2.26. The van der Waals surface area contributed by atoms with Crippen LogP contribution in [-0.2, 0) is 11.3 Å². The maximum atomic E-state index is 10.5. The maximum Gasteiger partial charge on any atom is 0.138 e. The second-order valence-electron chi connectivity index (χ2n) is 9.05. The van der Waals surface area contributed by atoms with E-state index in [4.69, 9.17) is 14.2 Å². The number of rotatable bonds is 8. The molecule has 2 saturated heterocycles. The molecule has 174 valence electrons. The van der Waals surface area contributed by atoms with Crippen molar-refractivity contribution >= 4 is 0 Å². The Morgan fingerprint density at radius 1 is 0.938 bits per heavy atom. The number of hydrogen-bond donors (Lipinski definition) is 1. The Kier molecular flexibility index (Phi) is 7.68. The fourth-order valence-electron chi connectivity index (χ4n) is 4.38. The number of hydrogen-bond acceptors (Lipinski definition) is 6. The number of ether oxygens (including phenoxy) is 3. The summed E-state index contributed by atoms with van der Waals surface area (Å²) in [5.41, 5.74) is 4.94. The van der Waals surface area contributed by atoms with Crippen LogP contribution in [0.25, 0.3) is 0 Å². The van der Waals surface area contributed by atoms with Crippen molar-refractivity contribution in [1.29, 1.82) is 0 Å². The molecule has 0 bridgehead atoms. The molecule has 32 heavy (non-hydrogen) atoms. The molecule has 2 aromatic carbocycles. The first kappa shape index (κ1) is 23.1. The highest BCUT2D eigenvalue weighted by molar-refractivity contribution is 5.40. The minimum absolute atomic E-state index is 0.209. The van der Waals surface area contributed by atoms with Crippen LogP contribution in [0.2, 0.25) is 0 Å². The SMILES string of the molecule is Cc1cc(O[C@H]2CN(Cc3ccc(OCCN4CCOCC4)cc3)C[C@@H]2O)cc(C)c1C. The fourth-order valence-corrected chi connectivity index (χ4v) is 4.38. The van der Waals surface area contributed by atoms with Crippen LogP contribution >= 0.6 is 0 Å². The van der Waals surface area contributed by atoms with Crippen LogP contribution in [0.4, 0.5) is 0 Å². The highest BCUT2D eigenvalue weighted by atomic mass is 16.5. The standard InChI is InChI=1S/C26H36N2O4/c1-19-14-24(15-20(2)21(19)3)32-26-18-28(17-25(26)29)16-22-4-6-23(7-5-22)31-13-10-27-8-11-30-12-9-27/h4-7,14-15,25-26,29H,8-13,16-18H2,1-3H3/t25-,26-/m0/s1. The van der Waals surface area contributed by atoms with Crippen LogP contribution < -0.4 is 9.47 Å². The van der Waals surface area contributed by atoms with E-state index in [-0.39, 0.29) is 6.10 Å². The van der Waals surface area contributed by atoms with Crippen LogP contribution in [-0.4, -0.2) is 79.7 Å². The van der Waals surface area contributed by atoms with E-state index in [9.17, 15) is 5.11 Å². The van der Waals surface area contributed by atoms with Crippen LogP contribution in [0.3, 0.4) is 0 Å². The molecule has 2 aliphatic rings. The largest absolute Gasteiger partial charge is 0.492 e. The van der Waals surface area contributed by atoms with Crippen molar-refractivity contribution in [2.75, 3.05) is 52.5 Å². The van der Waals surface area contributed by atoms with E-state index in [0.29, 0.717) is 19.7 Å². The fraction of sp³-hybridized carbons (Fsp3) is 0.538. The summed E-state index contributed by atoms with van der Waals surface area (Å²) in [7, 11) is 0. The normalized spacial score (nSPS) is 22.2. The summed E-state index contributed by atoms with van der Waals surface area (Å²) in [6, 6.07) is 12.4. The molecule has 1 N–H and O–H groups in total. The van der Waals surface area contributed by atoms with Gasteiger partial charge in [0.05, 0.1) is 13.2 Å². The van der Waals surface area contributed by atoms with Gasteiger partial charge in [0.2, 0.25) is 0 Å². The molecule has 2 aromatic rings. The predicted octanol–water partition coefficient (Wildman–Crippen LogP) is 2.95. The van der Waals surface area contributed by atoms with Gasteiger partial charge in [0.15, 0.2) is 0 Å². The first-order chi connectivity index (χ1) is 15.5. The van der Waals surface area contributed by atoms with E-state index < -0.39 is 6.10 Å². The number of aryl methyl sites for hydroxylation is 2. The van der Waals surface area contributed by atoms with Crippen LogP contribution in [0.5, 0.6) is 11.5 Å². The molecule has 0 unspecified atom stereocenters. The first-order valence-corrected chi connectivity index (χ1v) is 11.6. The van der Waals surface area contributed by atoms with Crippen LogP contribution in [0.15, 0.2) is 36.4 Å². The van der Waals surface area contributed by atoms with Gasteiger partial charge in [-0.15, -0.1) is 0 Å². The third kappa shape index (κ3) is 6.01. The summed E-state index contributed by atoms with van der Waals surface area (Å²) in [6.45, 7) is 13.7. The average Bonchev–Trinajstić information content (AvgIpc) is 3.12. The van der Waals surface area contributed by atoms with Crippen molar-refractivity contribution in [3.05, 3.63) is 58.7 Å². The summed E-state index contributed by atoms with van der Waals surface area (Å²) in [6.07, 6.45) is -0.695. The summed E-state index contributed by atoms with van der Waals surface area (Å²) >= 11 is 0. The van der Waals surface area contributed by atoms with Crippen molar-refractivity contribution < 1.29 is 19.3 Å². The Hall–Kier alpha value is -2.12. The molecule has 0 saturated carbocycles. The molecule has 2 atom stereocenters. The molecule has 6 nitrogen and oxygen atoms in total. The number of aliphatic hydroxyl groups excluding tert-OH is 1. The summed E-state index contributed by atoms with van der Waals surface area (Å²) in [5.74, 6) is 1.74. The molecule has 2 aliphatic heterocycles. The predicted molar refractivity (Wildman–Crippen MR) is 126 cm³/mol. The molecule has 0 aromatic heterocycles. The Labute approximate surface area is 191 Å². The summed E-state index contributed by atoms with van der Waals surface area (Å²) < 4.78 is 17.4. The minimum Gasteiger partial charge on any atom is -0.492 e. The quantitative estimate of drug-likeness (QED) is 0.681. The summed E-state index contributed by atoms with van der Waals surface area (Å²) in [4.78, 5) is 4.62. The molecule has 0 amide bonds. The number of aliphatic hydroxyl groups is 1. The van der Waals surface area contributed by atoms with Gasteiger partial charge in [-0.3, -0.25) is 9.80 Å². The lowest BCUT2D eigenvalue weighted by molar-refractivity contribution is 0.0322. The summed E-state index contributed by atoms with van der Waals surface area (Å²) in [5, 5.41) is 10.5. The molecule has 0 radical (unpaired) electrons. The van der Waals surface area contributed by atoms with E-state index in [0.717, 1.165) is 50.9 Å². The van der Waals surface area contributed by atoms with Gasteiger partial charge >= 0.3 is 0 Å². The van der Waals surface area contributed by atoms with Crippen molar-refractivity contribution in [3.8, 4) is 11.5 Å². The lowest BCUT2D eigenvalue weighted by atomic mass is 10.0. The van der Waals surface area contributed by atoms with E-state index in [1.54, 1.807) is 0 Å². The molecule has 2 heterocycles. The molecular weight excluding hydrogens is 404 g/mol. The van der Waals surface area contributed by atoms with Crippen molar-refractivity contribution in [2.24, 2.45) is 0 Å². The zero-order valence-corrected chi connectivity index (χ0v) is 19.5. The third-order valence-electron chi connectivity index (χ3n) is 6.61. The highest BCUT2D eigenvalue weighted by Crippen LogP contribution is 2.25. The van der Waals surface area contributed by atoms with Gasteiger partial charge in [-0.2, -0.15) is 0 Å². The second-order valence-corrected chi connectivity index (χ2v) is 9.05. The van der Waals surface area contributed by atoms with Gasteiger partial charge in [0, 0.05) is 39.3 Å². The van der Waals surface area contributed by atoms with Gasteiger partial charge in [-0.05, 0) is 67.3 Å². The van der Waals surface area contributed by atoms with Crippen molar-refractivity contribution in [1.82, 2.24) is 9.80 Å². The maximum absolute atomic E-state index is 10.5. The monoisotopic (exact) mass is 440 g/mol. The Morgan fingerprint density at radius 2 is 1.62 bits per heavy atom. The van der Waals surface area contributed by atoms with Crippen LogP contribution in [0.1, 0.15) is 22.3 Å². The van der Waals surface area contributed by atoms with Gasteiger partial charge in [-0.25, -0.2) is 0 Å². The molecule has 0 spiro atoms. The van der Waals surface area contributed by atoms with E-state index in [1.807, 2.05) is 12.1 Å². The van der Waals surface area contributed by atoms with E-state index >= 15 is 0 Å². The highest BCUT2D eigenvalue weighted by Gasteiger charge is 2.33. The second kappa shape index (κ2) is 10.7. The number of benzene rings is 2. The number of β-amino-alcohol motifs (C(OH)–C–C–N with tert-alkyl or cyclic N) is 1. The Morgan fingerprint density at radius 3 is 2.31 bits per heavy atom. The molecule has 6 heteroatoms. The van der Waals surface area contributed by atoms with Crippen LogP contribution in [0, 0.1) is 20.8 Å². The zero-order valence-electron chi connectivity index (χ0n) is 19.5. The molecule has 2 fully saturated rings. The first-order valence-electron chi connectivity index (χ1n) is 11.6. The molecular formula is C26H36N2O4. The molecule has 4 rings (SSSR count). The van der Waals surface area contributed by atoms with Gasteiger partial charge in [0.25, 0.3) is 0 Å². The average molecular weight is 441 g/mol. The van der Waals surface area contributed by atoms with Gasteiger partial charge in [-0.1, -0.05) is 12.1 Å². The Balaban J connectivity index is 1.24. The molecule has 0 aliphatic carbocycles. The lowest BCUT2D eigenvalue weighted by Crippen LogP contribution is -2.38. The number of likely N-dealkylation sites (tertiary alicyclic amines) is 1. The van der Waals surface area contributed by atoms with E-state index in [2.05, 4.69) is 54.8 Å². The van der Waals surface area contributed by atoms with Crippen molar-refractivity contribution in [2.45, 2.75) is 39.5 Å². The zero-order chi connectivity index (χ0) is 22.5. The van der Waals surface area contributed by atoms with Gasteiger partial charge in [0.1, 0.15) is 30.3 Å². The van der Waals surface area contributed by atoms with Gasteiger partial charge < -0.3 is 19.3 Å². The number of nitrogens with zero attached hydrogens (tertiary/aromatic N) is 2.